The molecule has 0 spiro atoms. The van der Waals surface area contributed by atoms with Crippen LogP contribution in [0, 0.1) is 0 Å². The third-order valence-corrected chi connectivity index (χ3v) is 2.96. The molecular weight excluding hydrogens is 214 g/mol. The molecule has 17 heavy (non-hydrogen) atoms. The molecule has 1 aromatic rings. The number of ether oxygens (including phenoxy) is 1. The van der Waals surface area contributed by atoms with Crippen molar-refractivity contribution in [3.8, 4) is 5.75 Å². The van der Waals surface area contributed by atoms with E-state index in [1.807, 2.05) is 19.1 Å². The van der Waals surface area contributed by atoms with Gasteiger partial charge in [-0.2, -0.15) is 0 Å². The van der Waals surface area contributed by atoms with Crippen molar-refractivity contribution in [1.82, 2.24) is 10.3 Å². The van der Waals surface area contributed by atoms with Gasteiger partial charge in [-0.25, -0.2) is 4.98 Å². The molecule has 1 aromatic heterocycles. The molecule has 0 aliphatic carbocycles. The second-order valence-corrected chi connectivity index (χ2v) is 4.32. The molecule has 2 rings (SSSR count). The smallest absolute Gasteiger partial charge is 0.169 e. The van der Waals surface area contributed by atoms with Gasteiger partial charge in [-0.3, -0.25) is 0 Å². The molecule has 0 radical (unpaired) electrons. The Morgan fingerprint density at radius 3 is 3.35 bits per heavy atom. The molecule has 1 saturated heterocycles. The number of aromatic nitrogens is 1. The van der Waals surface area contributed by atoms with Crippen molar-refractivity contribution in [1.29, 1.82) is 0 Å². The fourth-order valence-corrected chi connectivity index (χ4v) is 2.11. The zero-order valence-electron chi connectivity index (χ0n) is 10.4. The van der Waals surface area contributed by atoms with Gasteiger partial charge < -0.3 is 15.4 Å². The Bertz CT molecular complexity index is 335. The molecule has 2 N–H and O–H groups in total. The maximum absolute atomic E-state index is 5.56. The summed E-state index contributed by atoms with van der Waals surface area (Å²) in [5.74, 6) is 1.71. The van der Waals surface area contributed by atoms with E-state index in [-0.39, 0.29) is 0 Å². The van der Waals surface area contributed by atoms with Gasteiger partial charge >= 0.3 is 0 Å². The first-order chi connectivity index (χ1) is 8.40. The molecule has 0 bridgehead atoms. The average molecular weight is 235 g/mol. The van der Waals surface area contributed by atoms with Gasteiger partial charge in [0.25, 0.3) is 0 Å². The fourth-order valence-electron chi connectivity index (χ4n) is 2.11. The Hall–Kier alpha value is -1.29. The van der Waals surface area contributed by atoms with Gasteiger partial charge in [-0.05, 0) is 38.4 Å². The average Bonchev–Trinajstić information content (AvgIpc) is 2.61. The van der Waals surface area contributed by atoms with Gasteiger partial charge in [-0.15, -0.1) is 0 Å². The molecule has 0 saturated carbocycles. The van der Waals surface area contributed by atoms with Crippen molar-refractivity contribution in [3.05, 3.63) is 18.3 Å². The first-order valence-corrected chi connectivity index (χ1v) is 6.45. The number of rotatable bonds is 4. The molecule has 1 atom stereocenters. The van der Waals surface area contributed by atoms with Gasteiger partial charge in [0, 0.05) is 18.8 Å². The van der Waals surface area contributed by atoms with Crippen LogP contribution in [0.5, 0.6) is 5.75 Å². The monoisotopic (exact) mass is 235 g/mol. The van der Waals surface area contributed by atoms with Gasteiger partial charge in [0.2, 0.25) is 0 Å². The maximum Gasteiger partial charge on any atom is 0.169 e. The lowest BCUT2D eigenvalue weighted by molar-refractivity contribution is 0.340. The summed E-state index contributed by atoms with van der Waals surface area (Å²) < 4.78 is 5.56. The molecule has 2 heterocycles. The Morgan fingerprint density at radius 2 is 2.47 bits per heavy atom. The highest BCUT2D eigenvalue weighted by Crippen LogP contribution is 2.22. The Morgan fingerprint density at radius 1 is 1.53 bits per heavy atom. The highest BCUT2D eigenvalue weighted by Gasteiger charge is 2.14. The van der Waals surface area contributed by atoms with E-state index in [2.05, 4.69) is 15.6 Å². The number of hydrogen-bond donors (Lipinski definition) is 2. The van der Waals surface area contributed by atoms with Crippen LogP contribution in [0.4, 0.5) is 5.82 Å². The van der Waals surface area contributed by atoms with Gasteiger partial charge in [0.05, 0.1) is 6.61 Å². The van der Waals surface area contributed by atoms with E-state index in [9.17, 15) is 0 Å². The van der Waals surface area contributed by atoms with Gasteiger partial charge in [0.1, 0.15) is 0 Å². The van der Waals surface area contributed by atoms with Crippen LogP contribution in [0.1, 0.15) is 26.2 Å². The van der Waals surface area contributed by atoms with Crippen LogP contribution in [0.2, 0.25) is 0 Å². The van der Waals surface area contributed by atoms with E-state index in [1.54, 1.807) is 6.20 Å². The molecule has 1 unspecified atom stereocenters. The molecule has 0 amide bonds. The minimum Gasteiger partial charge on any atom is -0.490 e. The molecule has 94 valence electrons. The minimum atomic E-state index is 0.451. The first kappa shape index (κ1) is 12.2. The summed E-state index contributed by atoms with van der Waals surface area (Å²) in [4.78, 5) is 4.36. The van der Waals surface area contributed by atoms with Crippen LogP contribution in [0.25, 0.3) is 0 Å². The summed E-state index contributed by atoms with van der Waals surface area (Å²) in [5, 5.41) is 6.91. The zero-order valence-corrected chi connectivity index (χ0v) is 10.4. The first-order valence-electron chi connectivity index (χ1n) is 6.45. The molecule has 0 aromatic carbocycles. The normalized spacial score (nSPS) is 20.6. The number of hydrogen-bond acceptors (Lipinski definition) is 4. The van der Waals surface area contributed by atoms with Crippen LogP contribution in [-0.4, -0.2) is 30.7 Å². The predicted molar refractivity (Wildman–Crippen MR) is 69.5 cm³/mol. The molecule has 4 nitrogen and oxygen atoms in total. The van der Waals surface area contributed by atoms with Crippen LogP contribution in [-0.2, 0) is 0 Å². The lowest BCUT2D eigenvalue weighted by atomic mass is 10.1. The second kappa shape index (κ2) is 6.45. The molecule has 1 fully saturated rings. The molecule has 1 aliphatic heterocycles. The van der Waals surface area contributed by atoms with Gasteiger partial charge in [-0.1, -0.05) is 6.42 Å². The van der Waals surface area contributed by atoms with Gasteiger partial charge in [0.15, 0.2) is 11.6 Å². The van der Waals surface area contributed by atoms with E-state index < -0.39 is 0 Å². The Balaban J connectivity index is 2.00. The number of nitrogens with one attached hydrogen (secondary N) is 2. The summed E-state index contributed by atoms with van der Waals surface area (Å²) in [5.41, 5.74) is 0. The van der Waals surface area contributed by atoms with E-state index in [1.165, 1.54) is 19.3 Å². The van der Waals surface area contributed by atoms with Crippen LogP contribution >= 0.6 is 0 Å². The van der Waals surface area contributed by atoms with E-state index in [0.717, 1.165) is 24.7 Å². The number of anilines is 1. The van der Waals surface area contributed by atoms with E-state index >= 15 is 0 Å². The third kappa shape index (κ3) is 3.60. The van der Waals surface area contributed by atoms with Crippen LogP contribution in [0.3, 0.4) is 0 Å². The lowest BCUT2D eigenvalue weighted by Gasteiger charge is -2.18. The summed E-state index contributed by atoms with van der Waals surface area (Å²) in [6.07, 6.45) is 5.52. The quantitative estimate of drug-likeness (QED) is 0.838. The number of nitrogens with zero attached hydrogens (tertiary/aromatic N) is 1. The van der Waals surface area contributed by atoms with Crippen LogP contribution < -0.4 is 15.4 Å². The summed E-state index contributed by atoms with van der Waals surface area (Å²) in [6.45, 7) is 4.79. The highest BCUT2D eigenvalue weighted by molar-refractivity contribution is 5.50. The predicted octanol–water partition coefficient (Wildman–Crippen LogP) is 2.03. The zero-order chi connectivity index (χ0) is 11.9. The highest BCUT2D eigenvalue weighted by atomic mass is 16.5. The van der Waals surface area contributed by atoms with Crippen molar-refractivity contribution in [2.45, 2.75) is 32.2 Å². The van der Waals surface area contributed by atoms with Crippen molar-refractivity contribution in [2.75, 3.05) is 25.0 Å². The fraction of sp³-hybridized carbons (Fsp3) is 0.615. The third-order valence-electron chi connectivity index (χ3n) is 2.96. The maximum atomic E-state index is 5.56. The summed E-state index contributed by atoms with van der Waals surface area (Å²) >= 11 is 0. The standard InChI is InChI=1S/C13H21N3O/c1-2-17-12-7-5-9-15-13(12)16-11-6-3-4-8-14-10-11/h5,7,9,11,14H,2-4,6,8,10H2,1H3,(H,15,16). The topological polar surface area (TPSA) is 46.2 Å². The van der Waals surface area contributed by atoms with E-state index in [0.29, 0.717) is 12.6 Å². The molecular formula is C13H21N3O. The molecule has 4 heteroatoms. The van der Waals surface area contributed by atoms with Crippen molar-refractivity contribution in [3.63, 3.8) is 0 Å². The Labute approximate surface area is 103 Å². The lowest BCUT2D eigenvalue weighted by Crippen LogP contribution is -2.31. The molecule has 1 aliphatic rings. The SMILES string of the molecule is CCOc1cccnc1NC1CCCCNC1. The largest absolute Gasteiger partial charge is 0.490 e. The summed E-state index contributed by atoms with van der Waals surface area (Å²) in [6, 6.07) is 4.32. The Kier molecular flexibility index (Phi) is 4.62. The van der Waals surface area contributed by atoms with Crippen molar-refractivity contribution in [2.24, 2.45) is 0 Å². The van der Waals surface area contributed by atoms with Crippen LogP contribution in [0.15, 0.2) is 18.3 Å². The van der Waals surface area contributed by atoms with Crippen molar-refractivity contribution >= 4 is 5.82 Å². The van der Waals surface area contributed by atoms with Crippen molar-refractivity contribution < 1.29 is 4.74 Å². The summed E-state index contributed by atoms with van der Waals surface area (Å²) in [7, 11) is 0. The second-order valence-electron chi connectivity index (χ2n) is 4.32. The minimum absolute atomic E-state index is 0.451. The van der Waals surface area contributed by atoms with E-state index in [4.69, 9.17) is 4.74 Å². The number of pyridine rings is 1.